The average Bonchev–Trinajstić information content (AvgIpc) is 2.69. The van der Waals surface area contributed by atoms with Gasteiger partial charge < -0.3 is 10.0 Å². The van der Waals surface area contributed by atoms with Crippen molar-refractivity contribution in [1.29, 1.82) is 0 Å². The molecule has 0 saturated carbocycles. The zero-order valence-corrected chi connectivity index (χ0v) is 17.5. The molecule has 0 spiro atoms. The number of carbonyl (C=O) groups is 2. The lowest BCUT2D eigenvalue weighted by atomic mass is 9.74. The molecular formula is C22H22ClF3N2O3. The number of piperidine rings is 1. The third-order valence-corrected chi connectivity index (χ3v) is 5.89. The largest absolute Gasteiger partial charge is 0.481 e. The van der Waals surface area contributed by atoms with Crippen LogP contribution in [0.4, 0.5) is 13.2 Å². The van der Waals surface area contributed by atoms with Crippen molar-refractivity contribution in [3.63, 3.8) is 0 Å². The van der Waals surface area contributed by atoms with Gasteiger partial charge in [-0.15, -0.1) is 0 Å². The van der Waals surface area contributed by atoms with Crippen molar-refractivity contribution in [2.75, 3.05) is 0 Å². The number of halogens is 4. The normalized spacial score (nSPS) is 22.9. The quantitative estimate of drug-likeness (QED) is 0.619. The fourth-order valence-corrected chi connectivity index (χ4v) is 4.29. The number of hydrogen-bond acceptors (Lipinski definition) is 3. The second-order valence-corrected chi connectivity index (χ2v) is 8.48. The molecule has 166 valence electrons. The van der Waals surface area contributed by atoms with Crippen LogP contribution in [-0.4, -0.2) is 33.0 Å². The maximum Gasteiger partial charge on any atom is 0.391 e. The number of hydrogen-bond donors (Lipinski definition) is 1. The lowest BCUT2D eigenvalue weighted by molar-refractivity contribution is -0.172. The van der Waals surface area contributed by atoms with Gasteiger partial charge in [-0.3, -0.25) is 14.6 Å². The Bertz CT molecular complexity index is 937. The smallest absolute Gasteiger partial charge is 0.391 e. The molecule has 1 fully saturated rings. The molecule has 5 nitrogen and oxygen atoms in total. The molecule has 9 heteroatoms. The summed E-state index contributed by atoms with van der Waals surface area (Å²) in [4.78, 5) is 30.3. The Balaban J connectivity index is 2.12. The summed E-state index contributed by atoms with van der Waals surface area (Å²) in [6.07, 6.45) is -4.38. The minimum atomic E-state index is -4.56. The zero-order chi connectivity index (χ0) is 22.8. The molecule has 2 heterocycles. The van der Waals surface area contributed by atoms with E-state index in [0.717, 1.165) is 0 Å². The number of carboxylic acids is 1. The highest BCUT2D eigenvalue weighted by atomic mass is 35.5. The van der Waals surface area contributed by atoms with E-state index >= 15 is 0 Å². The van der Waals surface area contributed by atoms with E-state index in [1.165, 1.54) is 24.1 Å². The highest BCUT2D eigenvalue weighted by Gasteiger charge is 2.50. The molecular weight excluding hydrogens is 433 g/mol. The number of carbonyl (C=O) groups excluding carboxylic acids is 1. The van der Waals surface area contributed by atoms with E-state index in [1.807, 2.05) is 0 Å². The Kier molecular flexibility index (Phi) is 6.59. The average molecular weight is 455 g/mol. The summed E-state index contributed by atoms with van der Waals surface area (Å²) in [6.45, 7) is 1.50. The van der Waals surface area contributed by atoms with Crippen LogP contribution in [-0.2, 0) is 9.59 Å². The summed E-state index contributed by atoms with van der Waals surface area (Å²) in [5, 5.41) is 9.78. The van der Waals surface area contributed by atoms with Crippen LogP contribution in [0.3, 0.4) is 0 Å². The molecule has 3 rings (SSSR count). The van der Waals surface area contributed by atoms with Crippen LogP contribution >= 0.6 is 11.6 Å². The van der Waals surface area contributed by atoms with Crippen molar-refractivity contribution in [2.24, 2.45) is 5.41 Å². The number of pyridine rings is 1. The molecule has 1 N–H and O–H groups in total. The summed E-state index contributed by atoms with van der Waals surface area (Å²) in [5.41, 5.74) is -0.571. The lowest BCUT2D eigenvalue weighted by Crippen LogP contribution is -2.51. The number of amides is 1. The number of rotatable bonds is 6. The lowest BCUT2D eigenvalue weighted by Gasteiger charge is -2.47. The van der Waals surface area contributed by atoms with Crippen LogP contribution in [0.2, 0.25) is 5.02 Å². The van der Waals surface area contributed by atoms with E-state index in [-0.39, 0.29) is 12.1 Å². The van der Waals surface area contributed by atoms with Crippen LogP contribution in [0.1, 0.15) is 55.9 Å². The van der Waals surface area contributed by atoms with Crippen LogP contribution in [0.15, 0.2) is 48.7 Å². The Labute approximate surface area is 182 Å². The van der Waals surface area contributed by atoms with E-state index in [4.69, 9.17) is 11.6 Å². The van der Waals surface area contributed by atoms with Crippen molar-refractivity contribution < 1.29 is 27.9 Å². The number of alkyl halides is 3. The molecule has 1 saturated heterocycles. The molecule has 0 aliphatic carbocycles. The van der Waals surface area contributed by atoms with Crippen LogP contribution in [0.25, 0.3) is 0 Å². The molecule has 0 bridgehead atoms. The first kappa shape index (κ1) is 23.1. The van der Waals surface area contributed by atoms with Gasteiger partial charge in [0.05, 0.1) is 36.0 Å². The maximum atomic E-state index is 13.6. The Morgan fingerprint density at radius 3 is 2.52 bits per heavy atom. The summed E-state index contributed by atoms with van der Waals surface area (Å²) in [5.74, 6) is -1.80. The van der Waals surface area contributed by atoms with Crippen molar-refractivity contribution in [1.82, 2.24) is 9.88 Å². The van der Waals surface area contributed by atoms with Gasteiger partial charge >= 0.3 is 12.1 Å². The number of likely N-dealkylation sites (tertiary alicyclic amines) is 1. The summed E-state index contributed by atoms with van der Waals surface area (Å²) in [7, 11) is 0. The number of carboxylic acid groups (broad SMARTS) is 1. The van der Waals surface area contributed by atoms with Gasteiger partial charge in [0.25, 0.3) is 0 Å². The van der Waals surface area contributed by atoms with E-state index in [0.29, 0.717) is 17.0 Å². The van der Waals surface area contributed by atoms with Crippen LogP contribution in [0.5, 0.6) is 0 Å². The maximum absolute atomic E-state index is 13.6. The first-order valence-corrected chi connectivity index (χ1v) is 10.2. The number of aliphatic carboxylic acids is 1. The fraction of sp³-hybridized carbons (Fsp3) is 0.409. The molecule has 0 radical (unpaired) electrons. The van der Waals surface area contributed by atoms with Crippen molar-refractivity contribution in [3.05, 3.63) is 64.9 Å². The van der Waals surface area contributed by atoms with Gasteiger partial charge in [-0.25, -0.2) is 0 Å². The Morgan fingerprint density at radius 1 is 1.29 bits per heavy atom. The van der Waals surface area contributed by atoms with Crippen LogP contribution in [0, 0.1) is 5.41 Å². The van der Waals surface area contributed by atoms with Gasteiger partial charge in [-0.1, -0.05) is 36.7 Å². The van der Waals surface area contributed by atoms with Gasteiger partial charge in [0.1, 0.15) is 0 Å². The van der Waals surface area contributed by atoms with E-state index in [1.54, 1.807) is 36.4 Å². The molecule has 2 aromatic rings. The van der Waals surface area contributed by atoms with Gasteiger partial charge in [-0.2, -0.15) is 13.2 Å². The monoisotopic (exact) mass is 454 g/mol. The summed E-state index contributed by atoms with van der Waals surface area (Å²) >= 11 is 5.96. The second kappa shape index (κ2) is 8.86. The predicted octanol–water partition coefficient (Wildman–Crippen LogP) is 5.57. The summed E-state index contributed by atoms with van der Waals surface area (Å²) < 4.78 is 40.7. The van der Waals surface area contributed by atoms with Gasteiger partial charge in [0, 0.05) is 11.2 Å². The van der Waals surface area contributed by atoms with Gasteiger partial charge in [-0.05, 0) is 42.7 Å². The molecule has 1 aromatic carbocycles. The highest BCUT2D eigenvalue weighted by Crippen LogP contribution is 2.48. The van der Waals surface area contributed by atoms with E-state index in [9.17, 15) is 27.9 Å². The van der Waals surface area contributed by atoms with E-state index in [2.05, 4.69) is 4.98 Å². The van der Waals surface area contributed by atoms with Gasteiger partial charge in [0.15, 0.2) is 0 Å². The predicted molar refractivity (Wildman–Crippen MR) is 108 cm³/mol. The topological polar surface area (TPSA) is 70.5 Å². The zero-order valence-electron chi connectivity index (χ0n) is 16.8. The molecule has 1 amide bonds. The molecule has 31 heavy (non-hydrogen) atoms. The van der Waals surface area contributed by atoms with Gasteiger partial charge in [0.2, 0.25) is 5.91 Å². The molecule has 1 unspecified atom stereocenters. The third kappa shape index (κ3) is 5.36. The first-order valence-electron chi connectivity index (χ1n) is 9.78. The van der Waals surface area contributed by atoms with Crippen molar-refractivity contribution >= 4 is 23.5 Å². The third-order valence-electron chi connectivity index (χ3n) is 5.64. The summed E-state index contributed by atoms with van der Waals surface area (Å²) in [6, 6.07) is 9.13. The number of benzene rings is 1. The SMILES string of the molecule is C[C@]1(CC(=O)O)CCC(c2ccc(Cl)cc2)N([C@@H](CC(F)(F)F)c2ccccn2)C1=O. The number of nitrogens with zero attached hydrogens (tertiary/aromatic N) is 2. The standard InChI is InChI=1S/C22H22ClF3N2O3/c1-21(13-19(29)30)10-9-17(14-5-7-15(23)8-6-14)28(20(21)31)18(12-22(24,25)26)16-4-2-3-11-27-16/h2-8,11,17-18H,9-10,12-13H2,1H3,(H,29,30)/t17?,18-,21+/m0/s1. The molecule has 3 atom stereocenters. The fourth-order valence-electron chi connectivity index (χ4n) is 4.16. The molecule has 1 aliphatic rings. The first-order chi connectivity index (χ1) is 14.5. The minimum Gasteiger partial charge on any atom is -0.481 e. The second-order valence-electron chi connectivity index (χ2n) is 8.04. The Hall–Kier alpha value is -2.61. The van der Waals surface area contributed by atoms with Crippen molar-refractivity contribution in [2.45, 2.75) is 50.9 Å². The number of aromatic nitrogens is 1. The molecule has 1 aromatic heterocycles. The molecule has 1 aliphatic heterocycles. The van der Waals surface area contributed by atoms with Crippen LogP contribution < -0.4 is 0 Å². The van der Waals surface area contributed by atoms with Crippen molar-refractivity contribution in [3.8, 4) is 0 Å². The highest BCUT2D eigenvalue weighted by molar-refractivity contribution is 6.30. The minimum absolute atomic E-state index is 0.103. The Morgan fingerprint density at radius 2 is 1.97 bits per heavy atom. The van der Waals surface area contributed by atoms with E-state index < -0.39 is 48.4 Å².